The fourth-order valence-corrected chi connectivity index (χ4v) is 2.94. The van der Waals surface area contributed by atoms with Gasteiger partial charge in [-0.05, 0) is 37.0 Å². The van der Waals surface area contributed by atoms with Crippen LogP contribution in [-0.4, -0.2) is 22.6 Å². The molecule has 2 saturated carbocycles. The Hall–Kier alpha value is -1.10. The first-order chi connectivity index (χ1) is 7.70. The summed E-state index contributed by atoms with van der Waals surface area (Å²) in [4.78, 5) is 15.1. The molecule has 1 aromatic heterocycles. The van der Waals surface area contributed by atoms with Gasteiger partial charge in [0.2, 0.25) is 0 Å². The number of anilines is 1. The molecule has 1 heterocycles. The molecular weight excluding hydrogens is 224 g/mol. The molecular formula is C11H14N2O2S. The average molecular weight is 238 g/mol. The lowest BCUT2D eigenvalue weighted by Crippen LogP contribution is -2.17. The molecule has 0 radical (unpaired) electrons. The van der Waals surface area contributed by atoms with Crippen LogP contribution < -0.4 is 5.32 Å². The van der Waals surface area contributed by atoms with Crippen LogP contribution in [-0.2, 0) is 0 Å². The zero-order valence-corrected chi connectivity index (χ0v) is 9.72. The first-order valence-electron chi connectivity index (χ1n) is 5.63. The van der Waals surface area contributed by atoms with Gasteiger partial charge in [-0.1, -0.05) is 11.3 Å². The lowest BCUT2D eigenvalue weighted by molar-refractivity contribution is 0.0702. The summed E-state index contributed by atoms with van der Waals surface area (Å²) in [6, 6.07) is 0. The van der Waals surface area contributed by atoms with Crippen LogP contribution in [0.1, 0.15) is 35.4 Å². The average Bonchev–Trinajstić information content (AvgIpc) is 3.13. The normalized spacial score (nSPS) is 21.8. The Kier molecular flexibility index (Phi) is 2.17. The molecule has 1 aromatic rings. The van der Waals surface area contributed by atoms with E-state index in [1.165, 1.54) is 43.2 Å². The number of aromatic carboxylic acids is 1. The Balaban J connectivity index is 1.59. The molecule has 2 aliphatic carbocycles. The standard InChI is InChI=1S/C11H14N2O2S/c14-9(15)8-5-12-10(16-8)13-6-11(3-4-11)7-1-2-7/h5,7H,1-4,6H2,(H,12,13)(H,14,15). The SMILES string of the molecule is O=C(O)c1cnc(NCC2(C3CC3)CC2)s1. The van der Waals surface area contributed by atoms with Crippen LogP contribution in [0.2, 0.25) is 0 Å². The van der Waals surface area contributed by atoms with Gasteiger partial charge in [0.25, 0.3) is 0 Å². The second-order valence-electron chi connectivity index (χ2n) is 4.83. The highest BCUT2D eigenvalue weighted by molar-refractivity contribution is 7.17. The van der Waals surface area contributed by atoms with E-state index in [0.717, 1.165) is 17.6 Å². The third kappa shape index (κ3) is 1.80. The van der Waals surface area contributed by atoms with E-state index < -0.39 is 5.97 Å². The van der Waals surface area contributed by atoms with Crippen LogP contribution in [0.3, 0.4) is 0 Å². The minimum atomic E-state index is -0.895. The lowest BCUT2D eigenvalue weighted by atomic mass is 10.0. The zero-order valence-electron chi connectivity index (χ0n) is 8.90. The van der Waals surface area contributed by atoms with Crippen molar-refractivity contribution in [2.75, 3.05) is 11.9 Å². The van der Waals surface area contributed by atoms with Gasteiger partial charge in [-0.15, -0.1) is 0 Å². The molecule has 3 rings (SSSR count). The number of thiazole rings is 1. The third-order valence-corrected chi connectivity index (χ3v) is 4.59. The predicted octanol–water partition coefficient (Wildman–Crippen LogP) is 2.44. The first kappa shape index (κ1) is 10.1. The van der Waals surface area contributed by atoms with Crippen molar-refractivity contribution in [3.63, 3.8) is 0 Å². The van der Waals surface area contributed by atoms with Crippen molar-refractivity contribution in [2.24, 2.45) is 11.3 Å². The number of aromatic nitrogens is 1. The van der Waals surface area contributed by atoms with Gasteiger partial charge >= 0.3 is 5.97 Å². The van der Waals surface area contributed by atoms with E-state index in [4.69, 9.17) is 5.11 Å². The van der Waals surface area contributed by atoms with Gasteiger partial charge in [0.05, 0.1) is 6.20 Å². The van der Waals surface area contributed by atoms with E-state index in [1.807, 2.05) is 0 Å². The summed E-state index contributed by atoms with van der Waals surface area (Å²) in [7, 11) is 0. The summed E-state index contributed by atoms with van der Waals surface area (Å²) in [6.45, 7) is 0.963. The number of hydrogen-bond acceptors (Lipinski definition) is 4. The largest absolute Gasteiger partial charge is 0.477 e. The van der Waals surface area contributed by atoms with Crippen molar-refractivity contribution >= 4 is 22.4 Å². The lowest BCUT2D eigenvalue weighted by Gasteiger charge is -2.13. The number of nitrogens with zero attached hydrogens (tertiary/aromatic N) is 1. The second-order valence-corrected chi connectivity index (χ2v) is 5.86. The molecule has 16 heavy (non-hydrogen) atoms. The molecule has 0 aliphatic heterocycles. The second kappa shape index (κ2) is 3.45. The van der Waals surface area contributed by atoms with Crippen LogP contribution in [0.25, 0.3) is 0 Å². The van der Waals surface area contributed by atoms with Crippen LogP contribution in [0.5, 0.6) is 0 Å². The first-order valence-corrected chi connectivity index (χ1v) is 6.44. The Morgan fingerprint density at radius 3 is 2.88 bits per heavy atom. The van der Waals surface area contributed by atoms with Gasteiger partial charge in [-0.3, -0.25) is 0 Å². The maximum absolute atomic E-state index is 10.7. The third-order valence-electron chi connectivity index (χ3n) is 3.64. The Morgan fingerprint density at radius 1 is 1.62 bits per heavy atom. The molecule has 0 spiro atoms. The maximum Gasteiger partial charge on any atom is 0.347 e. The summed E-state index contributed by atoms with van der Waals surface area (Å²) in [5, 5.41) is 12.8. The molecule has 2 N–H and O–H groups in total. The molecule has 2 fully saturated rings. The van der Waals surface area contributed by atoms with E-state index in [1.54, 1.807) is 0 Å². The number of rotatable bonds is 5. The van der Waals surface area contributed by atoms with Gasteiger partial charge in [0.15, 0.2) is 5.13 Å². The molecule has 2 aliphatic rings. The maximum atomic E-state index is 10.7. The molecule has 4 nitrogen and oxygen atoms in total. The van der Waals surface area contributed by atoms with Crippen molar-refractivity contribution in [1.82, 2.24) is 4.98 Å². The quantitative estimate of drug-likeness (QED) is 0.827. The summed E-state index contributed by atoms with van der Waals surface area (Å²) in [6.07, 6.45) is 6.82. The van der Waals surface area contributed by atoms with Gasteiger partial charge < -0.3 is 10.4 Å². The fourth-order valence-electron chi connectivity index (χ4n) is 2.29. The number of hydrogen-bond donors (Lipinski definition) is 2. The van der Waals surface area contributed by atoms with Crippen LogP contribution in [0.15, 0.2) is 6.20 Å². The number of carboxylic acid groups (broad SMARTS) is 1. The predicted molar refractivity (Wildman–Crippen MR) is 62.0 cm³/mol. The van der Waals surface area contributed by atoms with Gasteiger partial charge in [0.1, 0.15) is 4.88 Å². The molecule has 86 valence electrons. The zero-order chi connectivity index (χ0) is 11.2. The summed E-state index contributed by atoms with van der Waals surface area (Å²) < 4.78 is 0. The minimum Gasteiger partial charge on any atom is -0.477 e. The topological polar surface area (TPSA) is 62.2 Å². The van der Waals surface area contributed by atoms with E-state index in [9.17, 15) is 4.79 Å². The number of carboxylic acids is 1. The van der Waals surface area contributed by atoms with Gasteiger partial charge in [-0.2, -0.15) is 0 Å². The van der Waals surface area contributed by atoms with E-state index in [-0.39, 0.29) is 0 Å². The van der Waals surface area contributed by atoms with Crippen molar-refractivity contribution in [2.45, 2.75) is 25.7 Å². The Labute approximate surface area is 97.7 Å². The highest BCUT2D eigenvalue weighted by atomic mass is 32.1. The van der Waals surface area contributed by atoms with Crippen LogP contribution in [0, 0.1) is 11.3 Å². The van der Waals surface area contributed by atoms with Crippen molar-refractivity contribution in [3.8, 4) is 0 Å². The fraction of sp³-hybridized carbons (Fsp3) is 0.636. The molecule has 0 bridgehead atoms. The van der Waals surface area contributed by atoms with Crippen LogP contribution >= 0.6 is 11.3 Å². The van der Waals surface area contributed by atoms with E-state index in [0.29, 0.717) is 10.3 Å². The highest BCUT2D eigenvalue weighted by Crippen LogP contribution is 2.61. The molecule has 0 saturated heterocycles. The van der Waals surface area contributed by atoms with E-state index in [2.05, 4.69) is 10.3 Å². The number of nitrogens with one attached hydrogen (secondary N) is 1. The van der Waals surface area contributed by atoms with Crippen LogP contribution in [0.4, 0.5) is 5.13 Å². The van der Waals surface area contributed by atoms with Crippen molar-refractivity contribution in [1.29, 1.82) is 0 Å². The molecule has 0 unspecified atom stereocenters. The Morgan fingerprint density at radius 2 is 2.38 bits per heavy atom. The van der Waals surface area contributed by atoms with Gasteiger partial charge in [-0.25, -0.2) is 9.78 Å². The molecule has 0 amide bonds. The Bertz CT molecular complexity index is 421. The molecule has 0 atom stereocenters. The van der Waals surface area contributed by atoms with Crippen molar-refractivity contribution in [3.05, 3.63) is 11.1 Å². The summed E-state index contributed by atoms with van der Waals surface area (Å²) in [5.74, 6) is 0.0211. The minimum absolute atomic E-state index is 0.304. The number of carbonyl (C=O) groups is 1. The summed E-state index contributed by atoms with van der Waals surface area (Å²) in [5.41, 5.74) is 0.523. The van der Waals surface area contributed by atoms with E-state index >= 15 is 0 Å². The smallest absolute Gasteiger partial charge is 0.347 e. The molecule has 0 aromatic carbocycles. The monoisotopic (exact) mass is 238 g/mol. The summed E-state index contributed by atoms with van der Waals surface area (Å²) >= 11 is 1.22. The van der Waals surface area contributed by atoms with Gasteiger partial charge in [0, 0.05) is 6.54 Å². The van der Waals surface area contributed by atoms with Crippen molar-refractivity contribution < 1.29 is 9.90 Å². The highest BCUT2D eigenvalue weighted by Gasteiger charge is 2.53. The molecule has 5 heteroatoms.